The van der Waals surface area contributed by atoms with Gasteiger partial charge in [0.1, 0.15) is 16.5 Å². The number of nitrogens with zero attached hydrogens (tertiary/aromatic N) is 3. The predicted octanol–water partition coefficient (Wildman–Crippen LogP) is 2.94. The van der Waals surface area contributed by atoms with Crippen molar-refractivity contribution in [3.05, 3.63) is 22.8 Å². The van der Waals surface area contributed by atoms with Crippen LogP contribution in [0.15, 0.2) is 16.7 Å². The first-order chi connectivity index (χ1) is 8.56. The number of hydrogen-bond acceptors (Lipinski definition) is 6. The zero-order chi connectivity index (χ0) is 13.2. The van der Waals surface area contributed by atoms with Gasteiger partial charge in [0.25, 0.3) is 5.89 Å². The first-order valence-corrected chi connectivity index (χ1v) is 6.37. The maximum atomic E-state index is 8.78. The van der Waals surface area contributed by atoms with E-state index < -0.39 is 5.60 Å². The van der Waals surface area contributed by atoms with Crippen LogP contribution in [-0.4, -0.2) is 16.7 Å². The fourth-order valence-electron chi connectivity index (χ4n) is 1.51. The molecule has 18 heavy (non-hydrogen) atoms. The van der Waals surface area contributed by atoms with Crippen LogP contribution in [0.2, 0.25) is 0 Å². The number of nitriles is 1. The molecule has 0 atom stereocenters. The molecule has 0 amide bonds. The minimum absolute atomic E-state index is 0.421. The van der Waals surface area contributed by atoms with Gasteiger partial charge in [0.2, 0.25) is 5.82 Å². The van der Waals surface area contributed by atoms with Crippen LogP contribution in [0, 0.1) is 11.3 Å². The second kappa shape index (κ2) is 4.88. The van der Waals surface area contributed by atoms with Gasteiger partial charge in [0, 0.05) is 6.61 Å². The fourth-order valence-corrected chi connectivity index (χ4v) is 2.23. The summed E-state index contributed by atoms with van der Waals surface area (Å²) in [5, 5.41) is 12.7. The Morgan fingerprint density at radius 3 is 2.89 bits per heavy atom. The SMILES string of the molecule is CCOC(C)(C)c1noc(-c2ccc(C#N)s2)n1. The highest BCUT2D eigenvalue weighted by atomic mass is 32.1. The third-order valence-electron chi connectivity index (χ3n) is 2.40. The zero-order valence-electron chi connectivity index (χ0n) is 10.4. The lowest BCUT2D eigenvalue weighted by atomic mass is 10.1. The minimum Gasteiger partial charge on any atom is -0.368 e. The van der Waals surface area contributed by atoms with E-state index in [2.05, 4.69) is 16.2 Å². The summed E-state index contributed by atoms with van der Waals surface area (Å²) in [5.41, 5.74) is -0.578. The molecule has 0 aliphatic heterocycles. The molecule has 2 heterocycles. The summed E-state index contributed by atoms with van der Waals surface area (Å²) in [7, 11) is 0. The quantitative estimate of drug-likeness (QED) is 0.848. The molecule has 6 heteroatoms. The van der Waals surface area contributed by atoms with E-state index in [1.807, 2.05) is 20.8 Å². The molecular weight excluding hydrogens is 250 g/mol. The average molecular weight is 263 g/mol. The van der Waals surface area contributed by atoms with E-state index in [-0.39, 0.29) is 0 Å². The summed E-state index contributed by atoms with van der Waals surface area (Å²) in [4.78, 5) is 5.73. The Morgan fingerprint density at radius 2 is 2.28 bits per heavy atom. The normalized spacial score (nSPS) is 11.4. The van der Waals surface area contributed by atoms with Gasteiger partial charge in [-0.1, -0.05) is 5.16 Å². The highest BCUT2D eigenvalue weighted by Gasteiger charge is 2.27. The Labute approximate surface area is 109 Å². The van der Waals surface area contributed by atoms with E-state index in [0.717, 1.165) is 4.88 Å². The van der Waals surface area contributed by atoms with Crippen molar-refractivity contribution in [3.8, 4) is 16.8 Å². The number of aromatic nitrogens is 2. The molecule has 0 radical (unpaired) electrons. The largest absolute Gasteiger partial charge is 0.368 e. The summed E-state index contributed by atoms with van der Waals surface area (Å²) in [6, 6.07) is 5.61. The Hall–Kier alpha value is -1.71. The molecule has 0 aliphatic rings. The Balaban J connectivity index is 2.28. The molecule has 0 unspecified atom stereocenters. The summed E-state index contributed by atoms with van der Waals surface area (Å²) in [6.45, 7) is 6.27. The van der Waals surface area contributed by atoms with Crippen LogP contribution in [0.25, 0.3) is 10.8 Å². The monoisotopic (exact) mass is 263 g/mol. The highest BCUT2D eigenvalue weighted by Crippen LogP contribution is 2.29. The number of thiophene rings is 1. The lowest BCUT2D eigenvalue weighted by Gasteiger charge is -2.19. The maximum Gasteiger partial charge on any atom is 0.268 e. The van der Waals surface area contributed by atoms with Crippen molar-refractivity contribution in [3.63, 3.8) is 0 Å². The van der Waals surface area contributed by atoms with Crippen molar-refractivity contribution in [1.29, 1.82) is 5.26 Å². The molecule has 5 nitrogen and oxygen atoms in total. The molecule has 0 spiro atoms. The second-order valence-electron chi connectivity index (χ2n) is 4.14. The van der Waals surface area contributed by atoms with Gasteiger partial charge in [-0.05, 0) is 32.9 Å². The Kier molecular flexibility index (Phi) is 3.45. The molecule has 0 fully saturated rings. The smallest absolute Gasteiger partial charge is 0.268 e. The van der Waals surface area contributed by atoms with Crippen LogP contribution in [0.3, 0.4) is 0 Å². The van der Waals surface area contributed by atoms with Crippen molar-refractivity contribution in [2.75, 3.05) is 6.61 Å². The van der Waals surface area contributed by atoms with E-state index in [1.54, 1.807) is 12.1 Å². The first-order valence-electron chi connectivity index (χ1n) is 5.55. The highest BCUT2D eigenvalue weighted by molar-refractivity contribution is 7.15. The van der Waals surface area contributed by atoms with Gasteiger partial charge >= 0.3 is 0 Å². The first kappa shape index (κ1) is 12.7. The topological polar surface area (TPSA) is 71.9 Å². The van der Waals surface area contributed by atoms with Crippen molar-refractivity contribution < 1.29 is 9.26 Å². The van der Waals surface area contributed by atoms with Crippen LogP contribution in [-0.2, 0) is 10.3 Å². The lowest BCUT2D eigenvalue weighted by Crippen LogP contribution is -2.23. The van der Waals surface area contributed by atoms with Gasteiger partial charge in [0.05, 0.1) is 4.88 Å². The van der Waals surface area contributed by atoms with Crippen molar-refractivity contribution in [2.45, 2.75) is 26.4 Å². The molecule has 2 aromatic heterocycles. The average Bonchev–Trinajstić information content (AvgIpc) is 2.98. The lowest BCUT2D eigenvalue weighted by molar-refractivity contribution is -0.0221. The van der Waals surface area contributed by atoms with E-state index in [9.17, 15) is 0 Å². The predicted molar refractivity (Wildman–Crippen MR) is 67.0 cm³/mol. The molecular formula is C12H13N3O2S. The van der Waals surface area contributed by atoms with Crippen molar-refractivity contribution in [2.24, 2.45) is 0 Å². The third-order valence-corrected chi connectivity index (χ3v) is 3.37. The van der Waals surface area contributed by atoms with E-state index >= 15 is 0 Å². The summed E-state index contributed by atoms with van der Waals surface area (Å²) >= 11 is 1.33. The number of rotatable bonds is 4. The molecule has 0 saturated carbocycles. The summed E-state index contributed by atoms with van der Waals surface area (Å²) in [6.07, 6.45) is 0. The molecule has 94 valence electrons. The van der Waals surface area contributed by atoms with Crippen LogP contribution >= 0.6 is 11.3 Å². The zero-order valence-corrected chi connectivity index (χ0v) is 11.2. The van der Waals surface area contributed by atoms with Gasteiger partial charge in [-0.25, -0.2) is 0 Å². The molecule has 0 N–H and O–H groups in total. The third kappa shape index (κ3) is 2.42. The number of hydrogen-bond donors (Lipinski definition) is 0. The molecule has 2 aromatic rings. The molecule has 0 aromatic carbocycles. The van der Waals surface area contributed by atoms with Gasteiger partial charge in [-0.15, -0.1) is 11.3 Å². The standard InChI is InChI=1S/C12H13N3O2S/c1-4-16-12(2,3)11-14-10(17-15-11)9-6-5-8(7-13)18-9/h5-6H,4H2,1-3H3. The second-order valence-corrected chi connectivity index (χ2v) is 5.23. The van der Waals surface area contributed by atoms with Crippen molar-refractivity contribution in [1.82, 2.24) is 10.1 Å². The van der Waals surface area contributed by atoms with E-state index in [0.29, 0.717) is 23.2 Å². The van der Waals surface area contributed by atoms with Crippen molar-refractivity contribution >= 4 is 11.3 Å². The molecule has 0 saturated heterocycles. The van der Waals surface area contributed by atoms with Gasteiger partial charge in [-0.2, -0.15) is 10.2 Å². The van der Waals surface area contributed by atoms with Gasteiger partial charge in [0.15, 0.2) is 0 Å². The molecule has 0 bridgehead atoms. The molecule has 2 rings (SSSR count). The Bertz CT molecular complexity index is 580. The number of ether oxygens (including phenoxy) is 1. The minimum atomic E-state index is -0.578. The van der Waals surface area contributed by atoms with Crippen LogP contribution in [0.1, 0.15) is 31.5 Å². The van der Waals surface area contributed by atoms with Crippen LogP contribution in [0.4, 0.5) is 0 Å². The Morgan fingerprint density at radius 1 is 1.50 bits per heavy atom. The summed E-state index contributed by atoms with van der Waals surface area (Å²) in [5.74, 6) is 0.926. The van der Waals surface area contributed by atoms with Crippen LogP contribution < -0.4 is 0 Å². The fraction of sp³-hybridized carbons (Fsp3) is 0.417. The van der Waals surface area contributed by atoms with E-state index in [1.165, 1.54) is 11.3 Å². The van der Waals surface area contributed by atoms with Gasteiger partial charge in [-0.3, -0.25) is 0 Å². The van der Waals surface area contributed by atoms with Crippen LogP contribution in [0.5, 0.6) is 0 Å². The molecule has 0 aliphatic carbocycles. The van der Waals surface area contributed by atoms with E-state index in [4.69, 9.17) is 14.5 Å². The van der Waals surface area contributed by atoms with Gasteiger partial charge < -0.3 is 9.26 Å². The summed E-state index contributed by atoms with van der Waals surface area (Å²) < 4.78 is 10.8. The maximum absolute atomic E-state index is 8.78.